The Morgan fingerprint density at radius 3 is 2.67 bits per heavy atom. The molecular formula is C23H21ClN2O3S. The number of aromatic nitrogens is 1. The number of aliphatic carboxylic acids is 1. The minimum absolute atomic E-state index is 0.00847. The molecule has 1 aromatic heterocycles. The van der Waals surface area contributed by atoms with E-state index in [1.54, 1.807) is 6.08 Å². The average Bonchev–Trinajstić information content (AvgIpc) is 3.36. The van der Waals surface area contributed by atoms with Crippen LogP contribution in [-0.2, 0) is 11.3 Å². The van der Waals surface area contributed by atoms with Crippen molar-refractivity contribution < 1.29 is 14.7 Å². The van der Waals surface area contributed by atoms with Crippen molar-refractivity contribution in [1.82, 2.24) is 9.88 Å². The summed E-state index contributed by atoms with van der Waals surface area (Å²) in [6.07, 6.45) is 2.35. The highest BCUT2D eigenvalue weighted by molar-refractivity contribution is 8.04. The Morgan fingerprint density at radius 1 is 1.23 bits per heavy atom. The second-order valence-corrected chi connectivity index (χ2v) is 9.05. The predicted octanol–water partition coefficient (Wildman–Crippen LogP) is 4.94. The Labute approximate surface area is 183 Å². The van der Waals surface area contributed by atoms with E-state index in [1.807, 2.05) is 66.1 Å². The zero-order valence-corrected chi connectivity index (χ0v) is 17.9. The van der Waals surface area contributed by atoms with E-state index in [4.69, 9.17) is 16.7 Å². The number of fused-ring (bicyclic) bond motifs is 1. The van der Waals surface area contributed by atoms with Crippen LogP contribution in [0.2, 0.25) is 5.02 Å². The zero-order chi connectivity index (χ0) is 21.3. The van der Waals surface area contributed by atoms with Crippen LogP contribution in [-0.4, -0.2) is 32.8 Å². The van der Waals surface area contributed by atoms with Gasteiger partial charge in [-0.05, 0) is 43.2 Å². The SMILES string of the molecule is CC(NC(=O)c1cc2ccccc2n1Cc1ccc(Cl)cc1)C1CC=C(C(=O)O)S1. The first-order valence-electron chi connectivity index (χ1n) is 9.66. The summed E-state index contributed by atoms with van der Waals surface area (Å²) >= 11 is 7.31. The number of allylic oxidation sites excluding steroid dienone is 1. The number of carboxylic acid groups (broad SMARTS) is 1. The second kappa shape index (κ2) is 8.58. The van der Waals surface area contributed by atoms with Gasteiger partial charge in [0, 0.05) is 33.8 Å². The number of halogens is 1. The molecule has 2 heterocycles. The van der Waals surface area contributed by atoms with Crippen molar-refractivity contribution in [3.8, 4) is 0 Å². The first-order chi connectivity index (χ1) is 14.4. The first-order valence-corrected chi connectivity index (χ1v) is 10.9. The number of carbonyl (C=O) groups is 2. The minimum Gasteiger partial charge on any atom is -0.477 e. The Balaban J connectivity index is 1.57. The van der Waals surface area contributed by atoms with E-state index >= 15 is 0 Å². The molecule has 4 rings (SSSR count). The molecule has 1 aliphatic rings. The van der Waals surface area contributed by atoms with Crippen LogP contribution >= 0.6 is 23.4 Å². The van der Waals surface area contributed by atoms with Gasteiger partial charge in [-0.3, -0.25) is 4.79 Å². The smallest absolute Gasteiger partial charge is 0.341 e. The van der Waals surface area contributed by atoms with Crippen molar-refractivity contribution in [3.05, 3.63) is 81.9 Å². The molecule has 0 radical (unpaired) electrons. The van der Waals surface area contributed by atoms with Gasteiger partial charge >= 0.3 is 5.97 Å². The molecule has 5 nitrogen and oxygen atoms in total. The number of hydrogen-bond donors (Lipinski definition) is 2. The predicted molar refractivity (Wildman–Crippen MR) is 121 cm³/mol. The van der Waals surface area contributed by atoms with Gasteiger partial charge in [-0.15, -0.1) is 11.8 Å². The summed E-state index contributed by atoms with van der Waals surface area (Å²) in [5.41, 5.74) is 2.60. The maximum Gasteiger partial charge on any atom is 0.341 e. The number of rotatable bonds is 6. The molecule has 154 valence electrons. The van der Waals surface area contributed by atoms with E-state index in [1.165, 1.54) is 11.8 Å². The maximum atomic E-state index is 13.2. The molecule has 3 aromatic rings. The first kappa shape index (κ1) is 20.6. The number of nitrogens with zero attached hydrogens (tertiary/aromatic N) is 1. The van der Waals surface area contributed by atoms with Crippen molar-refractivity contribution >= 4 is 46.1 Å². The van der Waals surface area contributed by atoms with Crippen LogP contribution in [0.25, 0.3) is 10.9 Å². The van der Waals surface area contributed by atoms with Gasteiger partial charge < -0.3 is 15.0 Å². The standard InChI is InChI=1S/C23H21ClN2O3S/c1-14(20-10-11-21(30-20)23(28)29)25-22(27)19-12-16-4-2-3-5-18(16)26(19)13-15-6-8-17(24)9-7-15/h2-9,11-12,14,20H,10,13H2,1H3,(H,25,27)(H,28,29). The summed E-state index contributed by atoms with van der Waals surface area (Å²) in [6, 6.07) is 17.2. The van der Waals surface area contributed by atoms with Gasteiger partial charge in [-0.1, -0.05) is 48.0 Å². The third-order valence-corrected chi connectivity index (χ3v) is 6.99. The molecule has 7 heteroatoms. The average molecular weight is 441 g/mol. The van der Waals surface area contributed by atoms with E-state index in [0.717, 1.165) is 16.5 Å². The molecule has 0 saturated heterocycles. The fourth-order valence-corrected chi connectivity index (χ4v) is 4.85. The number of thioether (sulfide) groups is 1. The molecule has 0 bridgehead atoms. The Kier molecular flexibility index (Phi) is 5.88. The van der Waals surface area contributed by atoms with Gasteiger partial charge in [0.2, 0.25) is 0 Å². The van der Waals surface area contributed by atoms with Crippen molar-refractivity contribution in [3.63, 3.8) is 0 Å². The number of amides is 1. The van der Waals surface area contributed by atoms with Crippen molar-refractivity contribution in [2.45, 2.75) is 31.2 Å². The van der Waals surface area contributed by atoms with Gasteiger partial charge in [0.25, 0.3) is 5.91 Å². The molecule has 1 amide bonds. The molecule has 2 unspecified atom stereocenters. The quantitative estimate of drug-likeness (QED) is 0.569. The van der Waals surface area contributed by atoms with Crippen LogP contribution in [0.4, 0.5) is 0 Å². The normalized spacial score (nSPS) is 17.0. The molecular weight excluding hydrogens is 420 g/mol. The molecule has 2 aromatic carbocycles. The molecule has 2 atom stereocenters. The monoisotopic (exact) mass is 440 g/mol. The maximum absolute atomic E-state index is 13.2. The second-order valence-electron chi connectivity index (χ2n) is 7.33. The molecule has 2 N–H and O–H groups in total. The van der Waals surface area contributed by atoms with E-state index in [9.17, 15) is 9.59 Å². The van der Waals surface area contributed by atoms with Gasteiger partial charge in [-0.25, -0.2) is 4.79 Å². The lowest BCUT2D eigenvalue weighted by molar-refractivity contribution is -0.131. The van der Waals surface area contributed by atoms with Crippen LogP contribution in [0.5, 0.6) is 0 Å². The topological polar surface area (TPSA) is 71.3 Å². The number of carbonyl (C=O) groups excluding carboxylic acids is 1. The highest BCUT2D eigenvalue weighted by Crippen LogP contribution is 2.34. The molecule has 0 spiro atoms. The number of hydrogen-bond acceptors (Lipinski definition) is 3. The fourth-order valence-electron chi connectivity index (χ4n) is 3.64. The van der Waals surface area contributed by atoms with Gasteiger partial charge in [0.1, 0.15) is 5.69 Å². The summed E-state index contributed by atoms with van der Waals surface area (Å²) < 4.78 is 2.00. The Morgan fingerprint density at radius 2 is 1.97 bits per heavy atom. The third-order valence-electron chi connectivity index (χ3n) is 5.24. The summed E-state index contributed by atoms with van der Waals surface area (Å²) in [5.74, 6) is -1.08. The molecule has 0 saturated carbocycles. The van der Waals surface area contributed by atoms with Gasteiger partial charge in [-0.2, -0.15) is 0 Å². The number of carboxylic acids is 1. The van der Waals surface area contributed by atoms with E-state index in [0.29, 0.717) is 28.6 Å². The summed E-state index contributed by atoms with van der Waals surface area (Å²) in [4.78, 5) is 24.7. The number of benzene rings is 2. The lowest BCUT2D eigenvalue weighted by atomic mass is 10.1. The third kappa shape index (κ3) is 4.25. The van der Waals surface area contributed by atoms with Crippen molar-refractivity contribution in [1.29, 1.82) is 0 Å². The number of para-hydroxylation sites is 1. The summed E-state index contributed by atoms with van der Waals surface area (Å²) in [6.45, 7) is 2.46. The van der Waals surface area contributed by atoms with Crippen LogP contribution in [0.1, 0.15) is 29.4 Å². The highest BCUT2D eigenvalue weighted by atomic mass is 35.5. The largest absolute Gasteiger partial charge is 0.477 e. The van der Waals surface area contributed by atoms with Crippen LogP contribution in [0.3, 0.4) is 0 Å². The Bertz CT molecular complexity index is 1140. The zero-order valence-electron chi connectivity index (χ0n) is 16.3. The number of nitrogens with one attached hydrogen (secondary N) is 1. The lowest BCUT2D eigenvalue weighted by Crippen LogP contribution is -2.39. The van der Waals surface area contributed by atoms with E-state index < -0.39 is 5.97 Å². The van der Waals surface area contributed by atoms with Gasteiger partial charge in [0.05, 0.1) is 4.91 Å². The fraction of sp³-hybridized carbons (Fsp3) is 0.217. The van der Waals surface area contributed by atoms with E-state index in [-0.39, 0.29) is 17.2 Å². The summed E-state index contributed by atoms with van der Waals surface area (Å²) in [5, 5.41) is 13.9. The molecule has 30 heavy (non-hydrogen) atoms. The van der Waals surface area contributed by atoms with Crippen molar-refractivity contribution in [2.24, 2.45) is 0 Å². The van der Waals surface area contributed by atoms with E-state index in [2.05, 4.69) is 5.32 Å². The molecule has 0 aliphatic carbocycles. The Hall–Kier alpha value is -2.70. The van der Waals surface area contributed by atoms with Gasteiger partial charge in [0.15, 0.2) is 0 Å². The lowest BCUT2D eigenvalue weighted by Gasteiger charge is -2.21. The highest BCUT2D eigenvalue weighted by Gasteiger charge is 2.28. The molecule has 1 aliphatic heterocycles. The van der Waals surface area contributed by atoms with Crippen LogP contribution < -0.4 is 5.32 Å². The minimum atomic E-state index is -0.913. The van der Waals surface area contributed by atoms with Crippen LogP contribution in [0.15, 0.2) is 65.6 Å². The van der Waals surface area contributed by atoms with Crippen LogP contribution in [0, 0.1) is 0 Å². The molecule has 0 fully saturated rings. The van der Waals surface area contributed by atoms with Crippen molar-refractivity contribution in [2.75, 3.05) is 0 Å². The summed E-state index contributed by atoms with van der Waals surface area (Å²) in [7, 11) is 0.